The van der Waals surface area contributed by atoms with Gasteiger partial charge in [-0.2, -0.15) is 0 Å². The summed E-state index contributed by atoms with van der Waals surface area (Å²) < 4.78 is 7.26. The molecule has 3 heterocycles. The highest BCUT2D eigenvalue weighted by Gasteiger charge is 2.20. The summed E-state index contributed by atoms with van der Waals surface area (Å²) >= 11 is 1.81. The highest BCUT2D eigenvalue weighted by Crippen LogP contribution is 2.40. The molecule has 186 valence electrons. The van der Waals surface area contributed by atoms with Gasteiger partial charge in [-0.1, -0.05) is 71.0 Å². The third-order valence-corrected chi connectivity index (χ3v) is 8.24. The van der Waals surface area contributed by atoms with Crippen LogP contribution in [-0.4, -0.2) is 4.98 Å². The van der Waals surface area contributed by atoms with Crippen LogP contribution in [0, 0.1) is 12.8 Å². The maximum absolute atomic E-state index is 6.03. The number of aryl methyl sites for hydroxylation is 1. The number of hydrogen-bond acceptors (Lipinski definition) is 3. The quantitative estimate of drug-likeness (QED) is 0.239. The van der Waals surface area contributed by atoms with Crippen molar-refractivity contribution in [1.29, 1.82) is 0 Å². The largest absolute Gasteiger partial charge is 0.464 e. The average molecular weight is 504 g/mol. The Morgan fingerprint density at radius 1 is 0.892 bits per heavy atom. The predicted molar refractivity (Wildman–Crippen MR) is 160 cm³/mol. The molecule has 3 heteroatoms. The van der Waals surface area contributed by atoms with Crippen molar-refractivity contribution in [2.24, 2.45) is 5.92 Å². The third-order valence-electron chi connectivity index (χ3n) is 7.16. The Bertz CT molecular complexity index is 1780. The molecule has 0 fully saturated rings. The van der Waals surface area contributed by atoms with Crippen LogP contribution in [0.4, 0.5) is 0 Å². The Balaban J connectivity index is 1.56. The lowest BCUT2D eigenvalue weighted by molar-refractivity contribution is 0.594. The number of furan rings is 1. The smallest absolute Gasteiger partial charge is 0.134 e. The Labute approximate surface area is 223 Å². The number of rotatable bonds is 4. The number of hydrogen-bond donors (Lipinski definition) is 0. The summed E-state index contributed by atoms with van der Waals surface area (Å²) in [4.78, 5) is 6.44. The number of fused-ring (bicyclic) bond motifs is 3. The van der Waals surface area contributed by atoms with E-state index < -0.39 is 0 Å². The zero-order chi connectivity index (χ0) is 25.9. The van der Waals surface area contributed by atoms with E-state index in [2.05, 4.69) is 108 Å². The maximum atomic E-state index is 6.03. The van der Waals surface area contributed by atoms with Crippen molar-refractivity contribution in [3.63, 3.8) is 0 Å². The molecule has 0 aliphatic carbocycles. The van der Waals surface area contributed by atoms with E-state index in [4.69, 9.17) is 9.40 Å². The summed E-state index contributed by atoms with van der Waals surface area (Å²) in [5.41, 5.74) is 9.23. The summed E-state index contributed by atoms with van der Waals surface area (Å²) in [5, 5.41) is 3.78. The van der Waals surface area contributed by atoms with Gasteiger partial charge in [-0.3, -0.25) is 0 Å². The highest BCUT2D eigenvalue weighted by molar-refractivity contribution is 7.19. The molecule has 0 saturated carbocycles. The van der Waals surface area contributed by atoms with Crippen LogP contribution in [0.3, 0.4) is 0 Å². The van der Waals surface area contributed by atoms with E-state index in [1.807, 2.05) is 17.6 Å². The lowest BCUT2D eigenvalue weighted by Crippen LogP contribution is -2.12. The van der Waals surface area contributed by atoms with Crippen LogP contribution >= 0.6 is 11.3 Å². The molecule has 0 saturated heterocycles. The molecule has 6 rings (SSSR count). The highest BCUT2D eigenvalue weighted by atomic mass is 32.1. The average Bonchev–Trinajstić information content (AvgIpc) is 3.43. The molecule has 0 aliphatic rings. The van der Waals surface area contributed by atoms with Gasteiger partial charge in [0, 0.05) is 21.4 Å². The van der Waals surface area contributed by atoms with Gasteiger partial charge in [0.05, 0.1) is 22.2 Å². The van der Waals surface area contributed by atoms with Crippen LogP contribution in [-0.2, 0) is 11.8 Å². The monoisotopic (exact) mass is 503 g/mol. The van der Waals surface area contributed by atoms with E-state index >= 15 is 0 Å². The topological polar surface area (TPSA) is 26.0 Å². The van der Waals surface area contributed by atoms with Crippen LogP contribution in [0.1, 0.15) is 50.6 Å². The Hall–Kier alpha value is -3.43. The van der Waals surface area contributed by atoms with Crippen molar-refractivity contribution in [1.82, 2.24) is 4.98 Å². The molecule has 3 aromatic carbocycles. The van der Waals surface area contributed by atoms with Crippen LogP contribution < -0.4 is 0 Å². The molecular formula is C34H33NOS. The molecular weight excluding hydrogens is 470 g/mol. The minimum atomic E-state index is 0.0273. The van der Waals surface area contributed by atoms with Crippen LogP contribution in [0.5, 0.6) is 0 Å². The number of thiophene rings is 1. The minimum absolute atomic E-state index is 0.0273. The zero-order valence-corrected chi connectivity index (χ0v) is 23.3. The Morgan fingerprint density at radius 2 is 1.70 bits per heavy atom. The summed E-state index contributed by atoms with van der Waals surface area (Å²) in [6.07, 6.45) is 2.96. The van der Waals surface area contributed by atoms with Gasteiger partial charge in [0.2, 0.25) is 0 Å². The van der Waals surface area contributed by atoms with Gasteiger partial charge in [-0.25, -0.2) is 4.98 Å². The summed E-state index contributed by atoms with van der Waals surface area (Å²) in [6.45, 7) is 13.5. The van der Waals surface area contributed by atoms with E-state index in [1.54, 1.807) is 0 Å². The van der Waals surface area contributed by atoms with Crippen molar-refractivity contribution in [3.8, 4) is 22.4 Å². The molecule has 6 aromatic rings. The van der Waals surface area contributed by atoms with Gasteiger partial charge in [-0.15, -0.1) is 11.3 Å². The van der Waals surface area contributed by atoms with Crippen LogP contribution in [0.2, 0.25) is 0 Å². The van der Waals surface area contributed by atoms with Crippen molar-refractivity contribution >= 4 is 43.3 Å². The normalized spacial score (nSPS) is 12.4. The van der Waals surface area contributed by atoms with Gasteiger partial charge in [-0.05, 0) is 82.5 Å². The zero-order valence-electron chi connectivity index (χ0n) is 22.5. The van der Waals surface area contributed by atoms with Gasteiger partial charge >= 0.3 is 0 Å². The molecule has 0 radical (unpaired) electrons. The van der Waals surface area contributed by atoms with E-state index in [1.165, 1.54) is 48.0 Å². The van der Waals surface area contributed by atoms with Crippen LogP contribution in [0.15, 0.2) is 77.4 Å². The first-order valence-corrected chi connectivity index (χ1v) is 13.9. The molecule has 0 atom stereocenters. The second kappa shape index (κ2) is 8.85. The molecule has 0 unspecified atom stereocenters. The van der Waals surface area contributed by atoms with Gasteiger partial charge in [0.15, 0.2) is 0 Å². The number of pyridine rings is 1. The molecule has 37 heavy (non-hydrogen) atoms. The molecule has 0 aliphatic heterocycles. The Kier molecular flexibility index (Phi) is 5.72. The standard InChI is InChI=1S/C34H33NOS/c1-20(2)13-25-19-36-32-17-23(11-12-27(25)32)28-18-30(35-31-14-21(3)37-33(28)31)24-15-22-9-7-8-10-26(22)29(16-24)34(4,5)6/h7-12,14-20H,13H2,1-6H3. The maximum Gasteiger partial charge on any atom is 0.134 e. The first kappa shape index (κ1) is 23.9. The van der Waals surface area contributed by atoms with Gasteiger partial charge in [0.1, 0.15) is 5.58 Å². The molecule has 3 aromatic heterocycles. The minimum Gasteiger partial charge on any atom is -0.464 e. The Morgan fingerprint density at radius 3 is 2.49 bits per heavy atom. The fourth-order valence-electron chi connectivity index (χ4n) is 5.43. The molecule has 0 amide bonds. The SMILES string of the molecule is Cc1cc2nc(-c3cc(C(C)(C)C)c4ccccc4c3)cc(-c3ccc4c(CC(C)C)coc4c3)c2s1. The molecule has 0 bridgehead atoms. The fourth-order valence-corrected chi connectivity index (χ4v) is 6.42. The molecule has 2 nitrogen and oxygen atoms in total. The van der Waals surface area contributed by atoms with E-state index in [-0.39, 0.29) is 5.41 Å². The van der Waals surface area contributed by atoms with Crippen molar-refractivity contribution < 1.29 is 4.42 Å². The van der Waals surface area contributed by atoms with Gasteiger partial charge in [0.25, 0.3) is 0 Å². The molecule has 0 spiro atoms. The summed E-state index contributed by atoms with van der Waals surface area (Å²) in [6, 6.07) is 24.5. The predicted octanol–water partition coefficient (Wildman–Crippen LogP) is 10.3. The van der Waals surface area contributed by atoms with Crippen molar-refractivity contribution in [3.05, 3.63) is 89.0 Å². The van der Waals surface area contributed by atoms with Gasteiger partial charge < -0.3 is 4.42 Å². The van der Waals surface area contributed by atoms with Crippen LogP contribution in [0.25, 0.3) is 54.3 Å². The molecule has 0 N–H and O–H groups in total. The lowest BCUT2D eigenvalue weighted by atomic mass is 9.82. The summed E-state index contributed by atoms with van der Waals surface area (Å²) in [5.74, 6) is 0.594. The summed E-state index contributed by atoms with van der Waals surface area (Å²) in [7, 11) is 0. The number of benzene rings is 3. The lowest BCUT2D eigenvalue weighted by Gasteiger charge is -2.23. The second-order valence-corrected chi connectivity index (χ2v) is 12.9. The van der Waals surface area contributed by atoms with E-state index in [9.17, 15) is 0 Å². The number of aromatic nitrogens is 1. The number of nitrogens with zero attached hydrogens (tertiary/aromatic N) is 1. The van der Waals surface area contributed by atoms with Crippen molar-refractivity contribution in [2.45, 2.75) is 53.4 Å². The fraction of sp³-hybridized carbons (Fsp3) is 0.265. The van der Waals surface area contributed by atoms with E-state index in [0.717, 1.165) is 28.8 Å². The first-order chi connectivity index (χ1) is 17.7. The second-order valence-electron chi connectivity index (χ2n) is 11.7. The third kappa shape index (κ3) is 4.36. The first-order valence-electron chi connectivity index (χ1n) is 13.1. The van der Waals surface area contributed by atoms with Crippen molar-refractivity contribution in [2.75, 3.05) is 0 Å². The van der Waals surface area contributed by atoms with E-state index in [0.29, 0.717) is 5.92 Å².